The molecule has 0 spiro atoms. The molecule has 1 heterocycles. The fourth-order valence-electron chi connectivity index (χ4n) is 3.84. The second kappa shape index (κ2) is 9.41. The lowest BCUT2D eigenvalue weighted by Crippen LogP contribution is -2.36. The minimum Gasteiger partial charge on any atom is -0.437 e. The molecule has 1 aliphatic carbocycles. The van der Waals surface area contributed by atoms with Gasteiger partial charge in [0.2, 0.25) is 0 Å². The Morgan fingerprint density at radius 1 is 1.09 bits per heavy atom. The Balaban J connectivity index is 1.62. The SMILES string of the molecule is Cc1ccc(C(F)(F)CNC(=O)c2c(Oc3cccc(C(F)(F)F)c3)nnc3c2CCC3)c(Cl)c1. The van der Waals surface area contributed by atoms with Crippen molar-refractivity contribution in [2.24, 2.45) is 0 Å². The third kappa shape index (κ3) is 5.37. The number of nitrogens with one attached hydrogen (secondary N) is 1. The largest absolute Gasteiger partial charge is 0.437 e. The number of carbonyl (C=O) groups excluding carboxylic acids is 1. The number of halogens is 6. The molecule has 35 heavy (non-hydrogen) atoms. The second-order valence-corrected chi connectivity index (χ2v) is 8.56. The van der Waals surface area contributed by atoms with Gasteiger partial charge in [-0.1, -0.05) is 29.8 Å². The third-order valence-electron chi connectivity index (χ3n) is 5.56. The van der Waals surface area contributed by atoms with E-state index in [0.29, 0.717) is 36.1 Å². The molecule has 1 N–H and O–H groups in total. The van der Waals surface area contributed by atoms with Gasteiger partial charge in [-0.2, -0.15) is 27.1 Å². The minimum atomic E-state index is -4.61. The van der Waals surface area contributed by atoms with Crippen molar-refractivity contribution in [3.8, 4) is 11.6 Å². The quantitative estimate of drug-likeness (QED) is 0.397. The summed E-state index contributed by atoms with van der Waals surface area (Å²) < 4.78 is 74.4. The summed E-state index contributed by atoms with van der Waals surface area (Å²) in [4.78, 5) is 13.1. The highest BCUT2D eigenvalue weighted by atomic mass is 35.5. The van der Waals surface area contributed by atoms with Gasteiger partial charge in [0.25, 0.3) is 17.7 Å². The van der Waals surface area contributed by atoms with Gasteiger partial charge in [-0.05, 0) is 61.6 Å². The molecule has 4 rings (SSSR count). The number of hydrogen-bond donors (Lipinski definition) is 1. The van der Waals surface area contributed by atoms with Crippen molar-refractivity contribution in [3.63, 3.8) is 0 Å². The van der Waals surface area contributed by atoms with Gasteiger partial charge in [0, 0.05) is 5.56 Å². The highest BCUT2D eigenvalue weighted by Crippen LogP contribution is 2.36. The van der Waals surface area contributed by atoms with Crippen molar-refractivity contribution in [2.45, 2.75) is 38.3 Å². The molecule has 0 radical (unpaired) electrons. The molecule has 184 valence electrons. The fourth-order valence-corrected chi connectivity index (χ4v) is 4.21. The predicted octanol–water partition coefficient (Wildman–Crippen LogP) is 6.26. The van der Waals surface area contributed by atoms with Crippen LogP contribution in [0.4, 0.5) is 22.0 Å². The van der Waals surface area contributed by atoms with Crippen LogP contribution in [0.1, 0.15) is 44.7 Å². The van der Waals surface area contributed by atoms with Crippen LogP contribution in [0, 0.1) is 6.92 Å². The van der Waals surface area contributed by atoms with Crippen LogP contribution in [-0.2, 0) is 24.9 Å². The average Bonchev–Trinajstić information content (AvgIpc) is 3.25. The van der Waals surface area contributed by atoms with Crippen LogP contribution >= 0.6 is 11.6 Å². The molecule has 5 nitrogen and oxygen atoms in total. The van der Waals surface area contributed by atoms with Crippen LogP contribution in [0.2, 0.25) is 5.02 Å². The number of rotatable bonds is 6. The van der Waals surface area contributed by atoms with Gasteiger partial charge < -0.3 is 10.1 Å². The smallest absolute Gasteiger partial charge is 0.416 e. The van der Waals surface area contributed by atoms with Crippen molar-refractivity contribution in [3.05, 3.63) is 81.0 Å². The Labute approximate surface area is 202 Å². The van der Waals surface area contributed by atoms with Crippen molar-refractivity contribution in [2.75, 3.05) is 6.54 Å². The Bertz CT molecular complexity index is 1280. The molecule has 0 aliphatic heterocycles. The zero-order chi connectivity index (χ0) is 25.4. The van der Waals surface area contributed by atoms with Crippen LogP contribution in [0.15, 0.2) is 42.5 Å². The topological polar surface area (TPSA) is 64.1 Å². The molecule has 1 aromatic heterocycles. The minimum absolute atomic E-state index is 0.129. The molecular formula is C24H19ClF5N3O2. The number of fused-ring (bicyclic) bond motifs is 1. The first kappa shape index (κ1) is 24.8. The van der Waals surface area contributed by atoms with Crippen molar-refractivity contribution >= 4 is 17.5 Å². The molecule has 1 aliphatic rings. The van der Waals surface area contributed by atoms with Gasteiger partial charge in [0.15, 0.2) is 0 Å². The van der Waals surface area contributed by atoms with Gasteiger partial charge in [-0.3, -0.25) is 4.79 Å². The van der Waals surface area contributed by atoms with Crippen LogP contribution in [0.5, 0.6) is 11.6 Å². The Morgan fingerprint density at radius 2 is 1.86 bits per heavy atom. The zero-order valence-electron chi connectivity index (χ0n) is 18.3. The number of ether oxygens (including phenoxy) is 1. The molecule has 0 atom stereocenters. The maximum Gasteiger partial charge on any atom is 0.416 e. The van der Waals surface area contributed by atoms with E-state index in [2.05, 4.69) is 15.5 Å². The first-order valence-electron chi connectivity index (χ1n) is 10.6. The predicted molar refractivity (Wildman–Crippen MR) is 118 cm³/mol. The molecule has 0 fully saturated rings. The Morgan fingerprint density at radius 3 is 2.57 bits per heavy atom. The Kier molecular flexibility index (Phi) is 6.68. The van der Waals surface area contributed by atoms with Crippen molar-refractivity contribution in [1.82, 2.24) is 15.5 Å². The van der Waals surface area contributed by atoms with E-state index in [1.54, 1.807) is 6.92 Å². The number of aromatic nitrogens is 2. The summed E-state index contributed by atoms with van der Waals surface area (Å²) in [7, 11) is 0. The molecule has 3 aromatic rings. The summed E-state index contributed by atoms with van der Waals surface area (Å²) in [5.41, 5.74) is 0.161. The first-order chi connectivity index (χ1) is 16.5. The summed E-state index contributed by atoms with van der Waals surface area (Å²) in [5, 5.41) is 9.93. The normalized spacial score (nSPS) is 13.5. The summed E-state index contributed by atoms with van der Waals surface area (Å²) in [6.07, 6.45) is -2.99. The third-order valence-corrected chi connectivity index (χ3v) is 5.87. The van der Waals surface area contributed by atoms with Gasteiger partial charge in [-0.25, -0.2) is 0 Å². The van der Waals surface area contributed by atoms with Crippen LogP contribution in [-0.4, -0.2) is 22.6 Å². The van der Waals surface area contributed by atoms with Gasteiger partial charge in [0.1, 0.15) is 11.3 Å². The van der Waals surface area contributed by atoms with Crippen LogP contribution < -0.4 is 10.1 Å². The molecule has 11 heteroatoms. The van der Waals surface area contributed by atoms with E-state index >= 15 is 0 Å². The lowest BCUT2D eigenvalue weighted by molar-refractivity contribution is -0.137. The highest BCUT2D eigenvalue weighted by Gasteiger charge is 2.36. The number of carbonyl (C=O) groups is 1. The Hall–Kier alpha value is -3.27. The molecule has 0 saturated carbocycles. The molecule has 0 bridgehead atoms. The van der Waals surface area contributed by atoms with Gasteiger partial charge >= 0.3 is 6.18 Å². The maximum atomic E-state index is 14.8. The van der Waals surface area contributed by atoms with Gasteiger partial charge in [-0.15, -0.1) is 5.10 Å². The summed E-state index contributed by atoms with van der Waals surface area (Å²) >= 11 is 5.97. The number of alkyl halides is 5. The zero-order valence-corrected chi connectivity index (χ0v) is 19.1. The summed E-state index contributed by atoms with van der Waals surface area (Å²) in [6, 6.07) is 8.10. The fraction of sp³-hybridized carbons (Fsp3) is 0.292. The lowest BCUT2D eigenvalue weighted by atomic mass is 10.1. The number of benzene rings is 2. The average molecular weight is 512 g/mol. The monoisotopic (exact) mass is 511 g/mol. The van der Waals surface area contributed by atoms with Crippen LogP contribution in [0.25, 0.3) is 0 Å². The standard InChI is InChI=1S/C24H19ClF5N3O2/c1-13-8-9-17(18(25)10-13)23(26,27)12-31-21(34)20-16-6-3-7-19(16)32-33-22(20)35-15-5-2-4-14(11-15)24(28,29)30/h2,4-5,8-11H,3,6-7,12H2,1H3,(H,31,34). The van der Waals surface area contributed by atoms with E-state index in [0.717, 1.165) is 18.2 Å². The number of nitrogens with zero attached hydrogens (tertiary/aromatic N) is 2. The summed E-state index contributed by atoms with van der Waals surface area (Å²) in [6.45, 7) is 0.646. The molecule has 1 amide bonds. The van der Waals surface area contributed by atoms with E-state index in [9.17, 15) is 26.7 Å². The molecule has 0 unspecified atom stereocenters. The number of hydrogen-bond acceptors (Lipinski definition) is 4. The van der Waals surface area contributed by atoms with E-state index in [-0.39, 0.29) is 22.2 Å². The highest BCUT2D eigenvalue weighted by molar-refractivity contribution is 6.31. The molecule has 0 saturated heterocycles. The molecular weight excluding hydrogens is 493 g/mol. The number of amides is 1. The van der Waals surface area contributed by atoms with Crippen molar-refractivity contribution < 1.29 is 31.5 Å². The van der Waals surface area contributed by atoms with Crippen LogP contribution in [0.3, 0.4) is 0 Å². The van der Waals surface area contributed by atoms with E-state index in [1.165, 1.54) is 24.3 Å². The first-order valence-corrected chi connectivity index (χ1v) is 11.0. The summed E-state index contributed by atoms with van der Waals surface area (Å²) in [5.74, 6) is -4.97. The van der Waals surface area contributed by atoms with Gasteiger partial charge in [0.05, 0.1) is 22.8 Å². The van der Waals surface area contributed by atoms with E-state index in [1.807, 2.05) is 0 Å². The lowest BCUT2D eigenvalue weighted by Gasteiger charge is -2.20. The van der Waals surface area contributed by atoms with E-state index in [4.69, 9.17) is 16.3 Å². The molecule has 2 aromatic carbocycles. The maximum absolute atomic E-state index is 14.8. The second-order valence-electron chi connectivity index (χ2n) is 8.16. The number of aryl methyl sites for hydroxylation is 2. The van der Waals surface area contributed by atoms with E-state index < -0.39 is 35.7 Å². The van der Waals surface area contributed by atoms with Crippen molar-refractivity contribution in [1.29, 1.82) is 0 Å².